The largest absolute Gasteiger partial charge is 0.497 e. The zero-order valence-corrected chi connectivity index (χ0v) is 12.0. The predicted molar refractivity (Wildman–Crippen MR) is 87.8 cm³/mol. The molecule has 0 atom stereocenters. The Hall–Kier alpha value is -3.01. The fraction of sp³-hybridized carbons (Fsp3) is 0.0556. The van der Waals surface area contributed by atoms with E-state index in [-0.39, 0.29) is 5.91 Å². The molecule has 2 aromatic carbocycles. The normalized spacial score (nSPS) is 15.1. The number of ether oxygens (including phenoxy) is 1. The van der Waals surface area contributed by atoms with Gasteiger partial charge in [0.2, 0.25) is 0 Å². The zero-order chi connectivity index (χ0) is 15.1. The number of aromatic amines is 1. The molecule has 2 heterocycles. The van der Waals surface area contributed by atoms with Crippen LogP contribution in [-0.4, -0.2) is 18.0 Å². The smallest absolute Gasteiger partial charge is 0.256 e. The molecule has 0 saturated heterocycles. The number of carbonyl (C=O) groups excluding carboxylic acids is 1. The molecule has 4 rings (SSSR count). The van der Waals surface area contributed by atoms with E-state index < -0.39 is 0 Å². The Labute approximate surface area is 127 Å². The van der Waals surface area contributed by atoms with Crippen LogP contribution in [0, 0.1) is 0 Å². The molecule has 0 aliphatic carbocycles. The van der Waals surface area contributed by atoms with Crippen LogP contribution in [0.3, 0.4) is 0 Å². The Morgan fingerprint density at radius 2 is 2.00 bits per heavy atom. The minimum atomic E-state index is -0.0893. The minimum absolute atomic E-state index is 0.0893. The molecule has 2 N–H and O–H groups in total. The van der Waals surface area contributed by atoms with Gasteiger partial charge in [-0.3, -0.25) is 4.79 Å². The van der Waals surface area contributed by atoms with Crippen LogP contribution in [0.2, 0.25) is 0 Å². The van der Waals surface area contributed by atoms with Crippen LogP contribution in [-0.2, 0) is 4.79 Å². The van der Waals surface area contributed by atoms with Gasteiger partial charge in [0.05, 0.1) is 7.11 Å². The van der Waals surface area contributed by atoms with Crippen molar-refractivity contribution in [1.82, 2.24) is 4.98 Å². The molecule has 0 radical (unpaired) electrons. The molecule has 0 bridgehead atoms. The van der Waals surface area contributed by atoms with Gasteiger partial charge in [-0.15, -0.1) is 0 Å². The van der Waals surface area contributed by atoms with Gasteiger partial charge in [0, 0.05) is 39.5 Å². The van der Waals surface area contributed by atoms with Crippen molar-refractivity contribution in [2.24, 2.45) is 0 Å². The van der Waals surface area contributed by atoms with E-state index in [2.05, 4.69) is 10.3 Å². The lowest BCUT2D eigenvalue weighted by molar-refractivity contribution is -0.110. The summed E-state index contributed by atoms with van der Waals surface area (Å²) in [6.07, 6.45) is 3.84. The number of para-hydroxylation sites is 1. The van der Waals surface area contributed by atoms with Crippen LogP contribution in [0.5, 0.6) is 5.75 Å². The lowest BCUT2D eigenvalue weighted by Crippen LogP contribution is -2.03. The van der Waals surface area contributed by atoms with E-state index in [4.69, 9.17) is 4.74 Å². The summed E-state index contributed by atoms with van der Waals surface area (Å²) in [6.45, 7) is 0. The Balaban J connectivity index is 1.88. The van der Waals surface area contributed by atoms with Gasteiger partial charge >= 0.3 is 0 Å². The van der Waals surface area contributed by atoms with Gasteiger partial charge in [-0.2, -0.15) is 0 Å². The first-order valence-electron chi connectivity index (χ1n) is 7.04. The van der Waals surface area contributed by atoms with E-state index >= 15 is 0 Å². The van der Waals surface area contributed by atoms with Crippen LogP contribution in [0.15, 0.2) is 48.7 Å². The maximum atomic E-state index is 12.3. The maximum Gasteiger partial charge on any atom is 0.256 e. The number of anilines is 1. The molecule has 0 saturated carbocycles. The highest BCUT2D eigenvalue weighted by atomic mass is 16.5. The SMILES string of the molecule is COc1ccc2c(c1)/C(=C\c1c[nH]c3ccccc13)C(=O)N2. The number of methoxy groups -OCH3 is 1. The number of benzene rings is 2. The Bertz CT molecular complexity index is 922. The molecule has 108 valence electrons. The molecule has 1 amide bonds. The lowest BCUT2D eigenvalue weighted by Gasteiger charge is -2.03. The summed E-state index contributed by atoms with van der Waals surface area (Å²) in [7, 11) is 1.62. The highest BCUT2D eigenvalue weighted by molar-refractivity contribution is 6.35. The molecule has 1 aliphatic rings. The van der Waals surface area contributed by atoms with E-state index in [1.165, 1.54) is 0 Å². The fourth-order valence-corrected chi connectivity index (χ4v) is 2.81. The Kier molecular flexibility index (Phi) is 2.76. The van der Waals surface area contributed by atoms with E-state index in [0.29, 0.717) is 5.57 Å². The van der Waals surface area contributed by atoms with Gasteiger partial charge in [0.25, 0.3) is 5.91 Å². The van der Waals surface area contributed by atoms with Crippen molar-refractivity contribution in [3.8, 4) is 5.75 Å². The number of H-pyrrole nitrogens is 1. The number of hydrogen-bond donors (Lipinski definition) is 2. The van der Waals surface area contributed by atoms with E-state index in [9.17, 15) is 4.79 Å². The van der Waals surface area contributed by atoms with E-state index in [0.717, 1.165) is 33.5 Å². The van der Waals surface area contributed by atoms with Crippen molar-refractivity contribution in [2.75, 3.05) is 12.4 Å². The van der Waals surface area contributed by atoms with E-state index in [1.54, 1.807) is 7.11 Å². The second kappa shape index (κ2) is 4.77. The highest BCUT2D eigenvalue weighted by Crippen LogP contribution is 2.36. The Morgan fingerprint density at radius 3 is 2.86 bits per heavy atom. The summed E-state index contributed by atoms with van der Waals surface area (Å²) >= 11 is 0. The average Bonchev–Trinajstić information content (AvgIpc) is 3.09. The van der Waals surface area contributed by atoms with Gasteiger partial charge < -0.3 is 15.0 Å². The van der Waals surface area contributed by atoms with Gasteiger partial charge in [-0.25, -0.2) is 0 Å². The monoisotopic (exact) mass is 290 g/mol. The number of nitrogens with one attached hydrogen (secondary N) is 2. The lowest BCUT2D eigenvalue weighted by atomic mass is 10.0. The number of aromatic nitrogens is 1. The van der Waals surface area contributed by atoms with Crippen molar-refractivity contribution < 1.29 is 9.53 Å². The van der Waals surface area contributed by atoms with Crippen LogP contribution in [0.25, 0.3) is 22.6 Å². The first kappa shape index (κ1) is 12.7. The third kappa shape index (κ3) is 1.89. The van der Waals surface area contributed by atoms with Crippen molar-refractivity contribution in [2.45, 2.75) is 0 Å². The fourth-order valence-electron chi connectivity index (χ4n) is 2.81. The quantitative estimate of drug-likeness (QED) is 0.707. The zero-order valence-electron chi connectivity index (χ0n) is 12.0. The number of rotatable bonds is 2. The first-order chi connectivity index (χ1) is 10.8. The van der Waals surface area contributed by atoms with Gasteiger partial charge in [0.1, 0.15) is 5.75 Å². The second-order valence-corrected chi connectivity index (χ2v) is 5.21. The molecule has 22 heavy (non-hydrogen) atoms. The van der Waals surface area contributed by atoms with Crippen LogP contribution in [0.1, 0.15) is 11.1 Å². The van der Waals surface area contributed by atoms with Gasteiger partial charge in [0.15, 0.2) is 0 Å². The minimum Gasteiger partial charge on any atom is -0.497 e. The molecule has 0 unspecified atom stereocenters. The number of carbonyl (C=O) groups is 1. The van der Waals surface area contributed by atoms with Gasteiger partial charge in [-0.1, -0.05) is 18.2 Å². The molecule has 0 fully saturated rings. The van der Waals surface area contributed by atoms with Gasteiger partial charge in [-0.05, 0) is 30.3 Å². The molecular weight excluding hydrogens is 276 g/mol. The predicted octanol–water partition coefficient (Wildman–Crippen LogP) is 3.67. The summed E-state index contributed by atoms with van der Waals surface area (Å²) in [5, 5.41) is 3.98. The average molecular weight is 290 g/mol. The molecule has 4 nitrogen and oxygen atoms in total. The van der Waals surface area contributed by atoms with Crippen molar-refractivity contribution >= 4 is 34.1 Å². The highest BCUT2D eigenvalue weighted by Gasteiger charge is 2.24. The molecule has 1 aromatic heterocycles. The van der Waals surface area contributed by atoms with Crippen molar-refractivity contribution in [1.29, 1.82) is 0 Å². The Morgan fingerprint density at radius 1 is 1.14 bits per heavy atom. The third-order valence-corrected chi connectivity index (χ3v) is 3.93. The van der Waals surface area contributed by atoms with Crippen molar-refractivity contribution in [3.63, 3.8) is 0 Å². The topological polar surface area (TPSA) is 54.1 Å². The maximum absolute atomic E-state index is 12.3. The van der Waals surface area contributed by atoms with Crippen LogP contribution in [0.4, 0.5) is 5.69 Å². The van der Waals surface area contributed by atoms with Crippen molar-refractivity contribution in [3.05, 3.63) is 59.8 Å². The van der Waals surface area contributed by atoms with E-state index in [1.807, 2.05) is 54.7 Å². The summed E-state index contributed by atoms with van der Waals surface area (Å²) < 4.78 is 5.26. The molecular formula is C18H14N2O2. The molecule has 1 aliphatic heterocycles. The second-order valence-electron chi connectivity index (χ2n) is 5.21. The summed E-state index contributed by atoms with van der Waals surface area (Å²) in [5.74, 6) is 0.647. The van der Waals surface area contributed by atoms with Crippen LogP contribution >= 0.6 is 0 Å². The van der Waals surface area contributed by atoms with Crippen LogP contribution < -0.4 is 10.1 Å². The number of amides is 1. The molecule has 4 heteroatoms. The first-order valence-corrected chi connectivity index (χ1v) is 7.04. The summed E-state index contributed by atoms with van der Waals surface area (Å²) in [6, 6.07) is 13.6. The number of fused-ring (bicyclic) bond motifs is 2. The summed E-state index contributed by atoms with van der Waals surface area (Å²) in [4.78, 5) is 15.5. The number of hydrogen-bond acceptors (Lipinski definition) is 2. The third-order valence-electron chi connectivity index (χ3n) is 3.93. The molecule has 3 aromatic rings. The summed E-state index contributed by atoms with van der Waals surface area (Å²) in [5.41, 5.74) is 4.39. The standard InChI is InChI=1S/C18H14N2O2/c1-22-12-6-7-17-14(9-12)15(18(21)20-17)8-11-10-19-16-5-3-2-4-13(11)16/h2-10,19H,1H3,(H,20,21)/b15-8+. The molecule has 0 spiro atoms.